The Hall–Kier alpha value is 0.830. The van der Waals surface area contributed by atoms with Gasteiger partial charge in [-0.25, -0.2) is 8.42 Å². The Balaban J connectivity index is 0. The molecule has 0 aliphatic rings. The van der Waals surface area contributed by atoms with Crippen LogP contribution in [0.4, 0.5) is 0 Å². The van der Waals surface area contributed by atoms with E-state index in [4.69, 9.17) is 18.2 Å². The van der Waals surface area contributed by atoms with E-state index in [1.54, 1.807) is 0 Å². The molecule has 0 amide bonds. The molecule has 0 atom stereocenters. The summed E-state index contributed by atoms with van der Waals surface area (Å²) in [6.45, 7) is 0. The van der Waals surface area contributed by atoms with E-state index < -0.39 is 10.4 Å². The Morgan fingerprint density at radius 2 is 1.57 bits per heavy atom. The molecule has 0 saturated heterocycles. The van der Waals surface area contributed by atoms with Crippen molar-refractivity contribution in [2.24, 2.45) is 0 Å². The van der Waals surface area contributed by atoms with Gasteiger partial charge in [-0.2, -0.15) is 0 Å². The molecule has 7 heavy (non-hydrogen) atoms. The molecule has 0 rings (SSSR count). The Morgan fingerprint density at radius 1 is 1.43 bits per heavy atom. The van der Waals surface area contributed by atoms with Crippen molar-refractivity contribution in [3.63, 3.8) is 0 Å². The van der Waals surface area contributed by atoms with Crippen molar-refractivity contribution in [2.45, 2.75) is 0 Å². The van der Waals surface area contributed by atoms with Gasteiger partial charge >= 0.3 is 29.6 Å². The molecule has 5 nitrogen and oxygen atoms in total. The van der Waals surface area contributed by atoms with Crippen LogP contribution in [0.2, 0.25) is 0 Å². The Morgan fingerprint density at radius 3 is 1.57 bits per heavy atom. The zero-order valence-corrected chi connectivity index (χ0v) is 6.27. The second-order valence-corrected chi connectivity index (χ2v) is 1.43. The minimum Gasteiger partial charge on any atom is -0.726 e. The Bertz CT molecular complexity index is 110. The maximum absolute atomic E-state index is 8.91. The minimum absolute atomic E-state index is 0. The van der Waals surface area contributed by atoms with E-state index in [0.717, 1.165) is 0 Å². The van der Waals surface area contributed by atoms with Gasteiger partial charge in [0, 0.05) is 0 Å². The van der Waals surface area contributed by atoms with Crippen molar-refractivity contribution >= 4 is 10.4 Å². The first kappa shape index (κ1) is 10.7. The molecular weight excluding hydrogens is 135 g/mol. The first-order chi connectivity index (χ1) is 2.56. The monoisotopic (exact) mass is 135 g/mol. The smallest absolute Gasteiger partial charge is 0.726 e. The average Bonchev–Trinajstić information content (AvgIpc) is 1.35. The van der Waals surface area contributed by atoms with Crippen LogP contribution in [0.15, 0.2) is 0 Å². The fraction of sp³-hybridized carbons (Fsp3) is 0. The Labute approximate surface area is 62.5 Å². The van der Waals surface area contributed by atoms with Gasteiger partial charge in [0.05, 0.1) is 0 Å². The van der Waals surface area contributed by atoms with E-state index in [1.165, 1.54) is 0 Å². The molecule has 0 bridgehead atoms. The van der Waals surface area contributed by atoms with Gasteiger partial charge in [0.25, 0.3) is 0 Å². The summed E-state index contributed by atoms with van der Waals surface area (Å²) in [5.74, 6) is 0. The van der Waals surface area contributed by atoms with Crippen LogP contribution >= 0.6 is 0 Å². The van der Waals surface area contributed by atoms with Crippen molar-refractivity contribution in [3.8, 4) is 0 Å². The second kappa shape index (κ2) is 3.79. The average molecular weight is 135 g/mol. The molecule has 7 heteroatoms. The van der Waals surface area contributed by atoms with Gasteiger partial charge < -0.3 is 14.1 Å². The summed E-state index contributed by atoms with van der Waals surface area (Å²) >= 11 is 0. The molecule has 0 saturated carbocycles. The van der Waals surface area contributed by atoms with E-state index >= 15 is 0 Å². The van der Waals surface area contributed by atoms with E-state index in [2.05, 4.69) is 4.33 Å². The summed E-state index contributed by atoms with van der Waals surface area (Å²) in [7, 11) is -4.97. The van der Waals surface area contributed by atoms with Crippen molar-refractivity contribution in [3.05, 3.63) is 0 Å². The molecular formula is NaO5S-. The van der Waals surface area contributed by atoms with E-state index in [-0.39, 0.29) is 29.6 Å². The molecule has 0 aromatic heterocycles. The zero-order chi connectivity index (χ0) is 5.21. The fourth-order valence-corrected chi connectivity index (χ4v) is 0. The quantitative estimate of drug-likeness (QED) is 0.118. The van der Waals surface area contributed by atoms with Gasteiger partial charge in [0.2, 0.25) is 10.4 Å². The van der Waals surface area contributed by atoms with Crippen LogP contribution in [0.5, 0.6) is 0 Å². The molecule has 0 heterocycles. The molecule has 38 valence electrons. The van der Waals surface area contributed by atoms with Crippen molar-refractivity contribution < 1.29 is 52.1 Å². The van der Waals surface area contributed by atoms with Gasteiger partial charge in [-0.3, -0.25) is 0 Å². The molecule has 0 aliphatic heterocycles. The van der Waals surface area contributed by atoms with Gasteiger partial charge in [0.1, 0.15) is 0 Å². The zero-order valence-electron chi connectivity index (χ0n) is 3.45. The van der Waals surface area contributed by atoms with Crippen molar-refractivity contribution in [2.75, 3.05) is 0 Å². The van der Waals surface area contributed by atoms with Gasteiger partial charge in [-0.1, -0.05) is 0 Å². The van der Waals surface area contributed by atoms with E-state index in [9.17, 15) is 0 Å². The van der Waals surface area contributed by atoms with Gasteiger partial charge in [0.15, 0.2) is 0 Å². The van der Waals surface area contributed by atoms with Crippen LogP contribution in [0.25, 0.3) is 0 Å². The molecule has 0 spiro atoms. The van der Waals surface area contributed by atoms with Gasteiger partial charge in [-0.15, -0.1) is 0 Å². The molecule has 0 aromatic rings. The van der Waals surface area contributed by atoms with Crippen molar-refractivity contribution in [1.29, 1.82) is 0 Å². The molecule has 0 aromatic carbocycles. The number of hydrogen-bond acceptors (Lipinski definition) is 5. The van der Waals surface area contributed by atoms with Crippen LogP contribution in [0, 0.1) is 0 Å². The maximum atomic E-state index is 8.91. The summed E-state index contributed by atoms with van der Waals surface area (Å²) in [6.07, 6.45) is 0. The maximum Gasteiger partial charge on any atom is 1.00 e. The topological polar surface area (TPSA) is 89.5 Å². The Kier molecular flexibility index (Phi) is 5.81. The number of rotatable bonds is 1. The summed E-state index contributed by atoms with van der Waals surface area (Å²) in [5.41, 5.74) is 0. The van der Waals surface area contributed by atoms with Crippen LogP contribution in [0.1, 0.15) is 0 Å². The summed E-state index contributed by atoms with van der Waals surface area (Å²) in [5, 5.41) is 8.55. The van der Waals surface area contributed by atoms with E-state index in [1.807, 2.05) is 0 Å². The molecule has 0 N–H and O–H groups in total. The summed E-state index contributed by atoms with van der Waals surface area (Å²) < 4.78 is 28.8. The first-order valence-electron chi connectivity index (χ1n) is 0.833. The normalized spacial score (nSPS) is 10.0. The predicted molar refractivity (Wildman–Crippen MR) is 10.8 cm³/mol. The third-order valence-electron chi connectivity index (χ3n) is 0.0833. The van der Waals surface area contributed by atoms with Crippen molar-refractivity contribution in [1.82, 2.24) is 0 Å². The molecule has 0 unspecified atom stereocenters. The summed E-state index contributed by atoms with van der Waals surface area (Å²) in [6, 6.07) is 0. The minimum atomic E-state index is -4.97. The van der Waals surface area contributed by atoms with Crippen LogP contribution in [0.3, 0.4) is 0 Å². The fourth-order valence-electron chi connectivity index (χ4n) is 0. The van der Waals surface area contributed by atoms with Crippen LogP contribution < -0.4 is 34.8 Å². The third kappa shape index (κ3) is 10.9. The second-order valence-electron chi connectivity index (χ2n) is 0.476. The summed E-state index contributed by atoms with van der Waals surface area (Å²) in [4.78, 5) is 0. The molecule has 0 aliphatic carbocycles. The number of hydrogen-bond donors (Lipinski definition) is 0. The van der Waals surface area contributed by atoms with Gasteiger partial charge in [-0.05, 0) is 0 Å². The molecule has 0 radical (unpaired) electrons. The predicted octanol–water partition coefficient (Wildman–Crippen LogP) is -5.26. The van der Waals surface area contributed by atoms with E-state index in [0.29, 0.717) is 0 Å². The molecule has 0 fully saturated rings. The first-order valence-corrected chi connectivity index (χ1v) is 2.17. The van der Waals surface area contributed by atoms with Crippen LogP contribution in [-0.2, 0) is 14.7 Å². The largest absolute Gasteiger partial charge is 1.00 e. The third-order valence-corrected chi connectivity index (χ3v) is 0.250. The van der Waals surface area contributed by atoms with Crippen LogP contribution in [-0.4, -0.2) is 13.0 Å². The SMILES string of the molecule is O=S(=O)([O-])O[O-].[Na+]. The standard InChI is InChI=1S/Na.H2O5S/c;1-5-6(2,3)4/h;1H,(H,2,3,4)/q+1;/p-2.